The van der Waals surface area contributed by atoms with Gasteiger partial charge < -0.3 is 10.2 Å². The summed E-state index contributed by atoms with van der Waals surface area (Å²) in [7, 11) is 0. The van der Waals surface area contributed by atoms with E-state index in [9.17, 15) is 24.6 Å². The van der Waals surface area contributed by atoms with E-state index in [1.54, 1.807) is 60.7 Å². The van der Waals surface area contributed by atoms with E-state index in [-0.39, 0.29) is 27.1 Å². The summed E-state index contributed by atoms with van der Waals surface area (Å²) in [6.07, 6.45) is 0. The van der Waals surface area contributed by atoms with E-state index in [4.69, 9.17) is 11.6 Å². The lowest BCUT2D eigenvalue weighted by atomic mass is 9.99. The van der Waals surface area contributed by atoms with Crippen molar-refractivity contribution >= 4 is 57.5 Å². The Morgan fingerprint density at radius 3 is 2.26 bits per heavy atom. The van der Waals surface area contributed by atoms with Gasteiger partial charge in [0, 0.05) is 16.1 Å². The van der Waals surface area contributed by atoms with Crippen LogP contribution in [0.4, 0.5) is 5.69 Å². The third kappa shape index (κ3) is 3.22. The molecule has 3 aromatic rings. The number of nitrogens with zero attached hydrogens (tertiary/aromatic N) is 2. The molecule has 1 spiro atoms. The number of hydrogen-bond acceptors (Lipinski definition) is 6. The summed E-state index contributed by atoms with van der Waals surface area (Å²) < 4.78 is 0. The number of carbonyl (C=O) groups excluding carboxylic acids is 3. The van der Waals surface area contributed by atoms with Gasteiger partial charge in [-0.05, 0) is 18.2 Å². The molecule has 1 atom stereocenters. The zero-order chi connectivity index (χ0) is 24.0. The van der Waals surface area contributed by atoms with Crippen molar-refractivity contribution in [2.45, 2.75) is 4.87 Å². The van der Waals surface area contributed by atoms with Crippen LogP contribution in [-0.2, 0) is 14.4 Å². The van der Waals surface area contributed by atoms with Crippen LogP contribution >= 0.6 is 23.4 Å². The Morgan fingerprint density at radius 1 is 0.941 bits per heavy atom. The number of benzene rings is 3. The smallest absolute Gasteiger partial charge is 0.301 e. The molecular weight excluding hydrogens is 476 g/mol. The summed E-state index contributed by atoms with van der Waals surface area (Å²) in [5, 5.41) is 22.2. The van der Waals surface area contributed by atoms with Gasteiger partial charge in [-0.1, -0.05) is 84.0 Å². The summed E-state index contributed by atoms with van der Waals surface area (Å²) in [5.74, 6) is -3.90. The number of rotatable bonds is 3. The van der Waals surface area contributed by atoms with Crippen molar-refractivity contribution in [3.8, 4) is 5.75 Å². The fourth-order valence-corrected chi connectivity index (χ4v) is 5.48. The average molecular weight is 491 g/mol. The second-order valence-corrected chi connectivity index (χ2v) is 9.14. The van der Waals surface area contributed by atoms with Crippen molar-refractivity contribution in [2.75, 3.05) is 4.90 Å². The molecule has 1 saturated heterocycles. The van der Waals surface area contributed by atoms with Gasteiger partial charge in [0.1, 0.15) is 16.6 Å². The number of halogens is 1. The van der Waals surface area contributed by atoms with Crippen LogP contribution in [0.5, 0.6) is 5.75 Å². The zero-order valence-electron chi connectivity index (χ0n) is 17.3. The van der Waals surface area contributed by atoms with Crippen LogP contribution in [0, 0.1) is 0 Å². The summed E-state index contributed by atoms with van der Waals surface area (Å²) in [4.78, 5) is 43.2. The van der Waals surface area contributed by atoms with Crippen LogP contribution in [0.1, 0.15) is 11.1 Å². The number of anilines is 1. The number of Topliss-reactive ketones (excluding diaryl/α,β-unsaturated/α-hetero) is 1. The summed E-state index contributed by atoms with van der Waals surface area (Å²) in [5.41, 5.74) is 0.273. The fraction of sp³-hybridized carbons (Fsp3) is 0.0400. The normalized spacial score (nSPS) is 21.4. The SMILES string of the molecule is O=C1C(=O)N(c2cc(Cl)ccc2O)C2(SC(c3ccccc3)=NC2=O)/C1=C(\O)c1ccccc1. The van der Waals surface area contributed by atoms with Gasteiger partial charge in [-0.2, -0.15) is 0 Å². The molecule has 2 aliphatic rings. The van der Waals surface area contributed by atoms with Gasteiger partial charge in [-0.25, -0.2) is 4.99 Å². The first kappa shape index (κ1) is 21.9. The maximum Gasteiger partial charge on any atom is 0.301 e. The Balaban J connectivity index is 1.79. The van der Waals surface area contributed by atoms with Crippen molar-refractivity contribution in [3.05, 3.63) is 101 Å². The molecule has 168 valence electrons. The number of aliphatic hydroxyl groups is 1. The van der Waals surface area contributed by atoms with E-state index in [1.807, 2.05) is 0 Å². The molecule has 2 heterocycles. The largest absolute Gasteiger partial charge is 0.507 e. The van der Waals surface area contributed by atoms with E-state index in [0.717, 1.165) is 16.7 Å². The maximum atomic E-state index is 13.6. The Hall–Kier alpha value is -3.88. The number of amides is 2. The molecule has 2 amide bonds. The number of carbonyl (C=O) groups is 3. The molecule has 2 aliphatic heterocycles. The van der Waals surface area contributed by atoms with Gasteiger partial charge >= 0.3 is 5.91 Å². The standard InChI is InChI=1S/C25H15ClN2O5S/c26-16-11-12-18(29)17(13-16)28-23(32)21(31)19(20(30)14-7-3-1-4-8-14)25(28)24(33)27-22(34-25)15-9-5-2-6-10-15/h1-13,29-30H/b20-19-. The molecule has 0 aliphatic carbocycles. The molecule has 0 radical (unpaired) electrons. The number of ketones is 1. The number of phenols is 1. The molecule has 7 nitrogen and oxygen atoms in total. The first-order valence-electron chi connectivity index (χ1n) is 10.1. The van der Waals surface area contributed by atoms with E-state index < -0.39 is 33.8 Å². The summed E-state index contributed by atoms with van der Waals surface area (Å²) in [6, 6.07) is 20.9. The second kappa shape index (κ2) is 8.16. The van der Waals surface area contributed by atoms with Crippen LogP contribution in [0.2, 0.25) is 5.02 Å². The molecule has 0 saturated carbocycles. The fourth-order valence-electron chi connectivity index (χ4n) is 3.96. The number of hydrogen-bond donors (Lipinski definition) is 2. The molecule has 1 fully saturated rings. The van der Waals surface area contributed by atoms with Crippen LogP contribution in [-0.4, -0.2) is 37.7 Å². The molecule has 34 heavy (non-hydrogen) atoms. The monoisotopic (exact) mass is 490 g/mol. The van der Waals surface area contributed by atoms with Crippen LogP contribution < -0.4 is 4.90 Å². The number of aromatic hydroxyl groups is 1. The number of phenolic OH excluding ortho intramolecular Hbond substituents is 1. The Kier molecular flexibility index (Phi) is 5.27. The highest BCUT2D eigenvalue weighted by atomic mass is 35.5. The molecule has 0 bridgehead atoms. The van der Waals surface area contributed by atoms with Crippen molar-refractivity contribution in [3.63, 3.8) is 0 Å². The first-order valence-corrected chi connectivity index (χ1v) is 11.3. The molecule has 1 unspecified atom stereocenters. The minimum Gasteiger partial charge on any atom is -0.507 e. The quantitative estimate of drug-likeness (QED) is 0.321. The lowest BCUT2D eigenvalue weighted by molar-refractivity contribution is -0.132. The Bertz CT molecular complexity index is 1420. The molecule has 0 aromatic heterocycles. The van der Waals surface area contributed by atoms with Gasteiger partial charge in [0.05, 0.1) is 11.3 Å². The van der Waals surface area contributed by atoms with Crippen LogP contribution in [0.15, 0.2) is 89.4 Å². The lowest BCUT2D eigenvalue weighted by Gasteiger charge is -2.32. The van der Waals surface area contributed by atoms with E-state index in [1.165, 1.54) is 18.2 Å². The second-order valence-electron chi connectivity index (χ2n) is 7.53. The van der Waals surface area contributed by atoms with Gasteiger partial charge in [-0.15, -0.1) is 0 Å². The first-order chi connectivity index (χ1) is 16.3. The topological polar surface area (TPSA) is 107 Å². The van der Waals surface area contributed by atoms with Gasteiger partial charge in [-0.3, -0.25) is 19.3 Å². The van der Waals surface area contributed by atoms with Crippen molar-refractivity contribution in [2.24, 2.45) is 4.99 Å². The van der Waals surface area contributed by atoms with Crippen LogP contribution in [0.3, 0.4) is 0 Å². The highest BCUT2D eigenvalue weighted by Gasteiger charge is 2.66. The van der Waals surface area contributed by atoms with Crippen molar-refractivity contribution in [1.82, 2.24) is 0 Å². The van der Waals surface area contributed by atoms with Crippen molar-refractivity contribution < 1.29 is 24.6 Å². The van der Waals surface area contributed by atoms with Gasteiger partial charge in [0.15, 0.2) is 0 Å². The number of thioether (sulfide) groups is 1. The zero-order valence-corrected chi connectivity index (χ0v) is 18.9. The minimum atomic E-state index is -2.07. The lowest BCUT2D eigenvalue weighted by Crippen LogP contribution is -2.48. The average Bonchev–Trinajstić information content (AvgIpc) is 3.30. The minimum absolute atomic E-state index is 0.146. The molecule has 9 heteroatoms. The third-order valence-electron chi connectivity index (χ3n) is 5.50. The number of aliphatic hydroxyl groups excluding tert-OH is 1. The predicted molar refractivity (Wildman–Crippen MR) is 130 cm³/mol. The summed E-state index contributed by atoms with van der Waals surface area (Å²) in [6.45, 7) is 0. The Morgan fingerprint density at radius 2 is 1.59 bits per heavy atom. The van der Waals surface area contributed by atoms with Gasteiger partial charge in [0.2, 0.25) is 4.87 Å². The van der Waals surface area contributed by atoms with E-state index >= 15 is 0 Å². The Labute approximate surface area is 203 Å². The predicted octanol–water partition coefficient (Wildman–Crippen LogP) is 4.35. The molecule has 5 rings (SSSR count). The van der Waals surface area contributed by atoms with E-state index in [0.29, 0.717) is 5.56 Å². The highest BCUT2D eigenvalue weighted by Crippen LogP contribution is 2.53. The third-order valence-corrected chi connectivity index (χ3v) is 7.11. The number of aliphatic imine (C=N–C) groups is 1. The van der Waals surface area contributed by atoms with Gasteiger partial charge in [0.25, 0.3) is 11.7 Å². The molecular formula is C25H15ClN2O5S. The molecule has 2 N–H and O–H groups in total. The van der Waals surface area contributed by atoms with Crippen LogP contribution in [0.25, 0.3) is 5.76 Å². The maximum absolute atomic E-state index is 13.6. The summed E-state index contributed by atoms with van der Waals surface area (Å²) >= 11 is 6.97. The molecule has 3 aromatic carbocycles. The highest BCUT2D eigenvalue weighted by molar-refractivity contribution is 8.17. The van der Waals surface area contributed by atoms with Crippen molar-refractivity contribution in [1.29, 1.82) is 0 Å². The van der Waals surface area contributed by atoms with E-state index in [2.05, 4.69) is 4.99 Å².